The van der Waals surface area contributed by atoms with Crippen molar-refractivity contribution >= 4 is 6.09 Å². The summed E-state index contributed by atoms with van der Waals surface area (Å²) in [5.74, 6) is 0. The first-order valence-electron chi connectivity index (χ1n) is 8.44. The van der Waals surface area contributed by atoms with E-state index in [0.29, 0.717) is 12.6 Å². The van der Waals surface area contributed by atoms with Gasteiger partial charge in [-0.1, -0.05) is 26.7 Å². The topological polar surface area (TPSA) is 41.6 Å². The summed E-state index contributed by atoms with van der Waals surface area (Å²) in [6.45, 7) is 15.7. The molecule has 1 unspecified atom stereocenters. The number of rotatable bonds is 9. The Hall–Kier alpha value is -0.770. The van der Waals surface area contributed by atoms with Gasteiger partial charge in [0.25, 0.3) is 0 Å². The third-order valence-corrected chi connectivity index (χ3v) is 3.44. The highest BCUT2D eigenvalue weighted by Crippen LogP contribution is 2.12. The molecule has 0 aliphatic carbocycles. The third-order valence-electron chi connectivity index (χ3n) is 3.44. The standard InChI is InChI=1S/C17H36N2O2/c1-8-10-11-15(9-2)18-12-13-19(14(3)4)16(20)21-17(5,6)7/h14-15,18H,8-13H2,1-7H3. The van der Waals surface area contributed by atoms with E-state index in [1.54, 1.807) is 4.90 Å². The van der Waals surface area contributed by atoms with Crippen molar-refractivity contribution in [1.82, 2.24) is 10.2 Å². The zero-order valence-electron chi connectivity index (χ0n) is 15.2. The van der Waals surface area contributed by atoms with Crippen LogP contribution in [0.3, 0.4) is 0 Å². The molecule has 4 nitrogen and oxygen atoms in total. The van der Waals surface area contributed by atoms with Crippen LogP contribution in [0.15, 0.2) is 0 Å². The van der Waals surface area contributed by atoms with Crippen molar-refractivity contribution in [2.24, 2.45) is 0 Å². The molecule has 0 radical (unpaired) electrons. The molecule has 4 heteroatoms. The number of hydrogen-bond donors (Lipinski definition) is 1. The summed E-state index contributed by atoms with van der Waals surface area (Å²) in [5.41, 5.74) is -0.440. The van der Waals surface area contributed by atoms with Gasteiger partial charge < -0.3 is 15.0 Å². The van der Waals surface area contributed by atoms with Crippen molar-refractivity contribution in [3.05, 3.63) is 0 Å². The van der Waals surface area contributed by atoms with Gasteiger partial charge in [-0.15, -0.1) is 0 Å². The van der Waals surface area contributed by atoms with E-state index in [9.17, 15) is 4.79 Å². The molecular weight excluding hydrogens is 264 g/mol. The van der Waals surface area contributed by atoms with Gasteiger partial charge >= 0.3 is 6.09 Å². The van der Waals surface area contributed by atoms with Crippen LogP contribution in [-0.2, 0) is 4.74 Å². The Morgan fingerprint density at radius 1 is 1.24 bits per heavy atom. The second-order valence-corrected chi connectivity index (χ2v) is 6.97. The number of amides is 1. The first-order chi connectivity index (χ1) is 9.71. The lowest BCUT2D eigenvalue weighted by Crippen LogP contribution is -2.45. The van der Waals surface area contributed by atoms with E-state index in [2.05, 4.69) is 19.2 Å². The Labute approximate surface area is 131 Å². The molecule has 0 aliphatic heterocycles. The van der Waals surface area contributed by atoms with Crippen LogP contribution in [0.1, 0.15) is 74.1 Å². The summed E-state index contributed by atoms with van der Waals surface area (Å²) in [6.07, 6.45) is 4.61. The van der Waals surface area contributed by atoms with Crippen molar-refractivity contribution in [2.75, 3.05) is 13.1 Å². The minimum Gasteiger partial charge on any atom is -0.444 e. The molecule has 0 spiro atoms. The van der Waals surface area contributed by atoms with Crippen molar-refractivity contribution in [3.8, 4) is 0 Å². The smallest absolute Gasteiger partial charge is 0.410 e. The molecule has 0 aromatic rings. The van der Waals surface area contributed by atoms with Crippen molar-refractivity contribution in [2.45, 2.75) is 91.8 Å². The van der Waals surface area contributed by atoms with Crippen molar-refractivity contribution < 1.29 is 9.53 Å². The Bertz CT molecular complexity index is 285. The van der Waals surface area contributed by atoms with Crippen LogP contribution in [0.5, 0.6) is 0 Å². The second-order valence-electron chi connectivity index (χ2n) is 6.97. The summed E-state index contributed by atoms with van der Waals surface area (Å²) in [4.78, 5) is 14.0. The Kier molecular flexibility index (Phi) is 9.67. The van der Waals surface area contributed by atoms with Gasteiger partial charge in [0.05, 0.1) is 0 Å². The minimum atomic E-state index is -0.440. The molecular formula is C17H36N2O2. The number of hydrogen-bond acceptors (Lipinski definition) is 3. The van der Waals surface area contributed by atoms with E-state index < -0.39 is 5.60 Å². The van der Waals surface area contributed by atoms with E-state index >= 15 is 0 Å². The number of carbonyl (C=O) groups excluding carboxylic acids is 1. The molecule has 1 atom stereocenters. The molecule has 126 valence electrons. The fourth-order valence-electron chi connectivity index (χ4n) is 2.17. The van der Waals surface area contributed by atoms with E-state index in [-0.39, 0.29) is 12.1 Å². The summed E-state index contributed by atoms with van der Waals surface area (Å²) >= 11 is 0. The SMILES string of the molecule is CCCCC(CC)NCCN(C(=O)OC(C)(C)C)C(C)C. The Morgan fingerprint density at radius 3 is 2.29 bits per heavy atom. The van der Waals surface area contributed by atoms with E-state index in [4.69, 9.17) is 4.74 Å². The largest absolute Gasteiger partial charge is 0.444 e. The quantitative estimate of drug-likeness (QED) is 0.694. The van der Waals surface area contributed by atoms with Crippen LogP contribution in [0.4, 0.5) is 4.79 Å². The highest BCUT2D eigenvalue weighted by molar-refractivity contribution is 5.68. The predicted octanol–water partition coefficient (Wildman–Crippen LogP) is 4.19. The van der Waals surface area contributed by atoms with E-state index in [1.165, 1.54) is 19.3 Å². The molecule has 0 fully saturated rings. The van der Waals surface area contributed by atoms with Crippen LogP contribution < -0.4 is 5.32 Å². The maximum atomic E-state index is 12.2. The predicted molar refractivity (Wildman–Crippen MR) is 89.7 cm³/mol. The minimum absolute atomic E-state index is 0.150. The fourth-order valence-corrected chi connectivity index (χ4v) is 2.17. The normalized spacial score (nSPS) is 13.3. The van der Waals surface area contributed by atoms with Crippen LogP contribution in [-0.4, -0.2) is 41.8 Å². The first kappa shape index (κ1) is 20.2. The highest BCUT2D eigenvalue weighted by Gasteiger charge is 2.23. The number of ether oxygens (including phenoxy) is 1. The molecule has 1 N–H and O–H groups in total. The maximum absolute atomic E-state index is 12.2. The van der Waals surface area contributed by atoms with Crippen LogP contribution in [0.25, 0.3) is 0 Å². The molecule has 0 saturated heterocycles. The molecule has 0 saturated carbocycles. The van der Waals surface area contributed by atoms with E-state index in [0.717, 1.165) is 13.0 Å². The summed E-state index contributed by atoms with van der Waals surface area (Å²) in [6, 6.07) is 0.704. The number of unbranched alkanes of at least 4 members (excludes halogenated alkanes) is 1. The van der Waals surface area contributed by atoms with Gasteiger partial charge in [-0.05, 0) is 47.5 Å². The van der Waals surface area contributed by atoms with Crippen molar-refractivity contribution in [1.29, 1.82) is 0 Å². The number of carbonyl (C=O) groups is 1. The summed E-state index contributed by atoms with van der Waals surface area (Å²) in [7, 11) is 0. The molecule has 0 heterocycles. The maximum Gasteiger partial charge on any atom is 0.410 e. The van der Waals surface area contributed by atoms with Gasteiger partial charge in [-0.25, -0.2) is 4.79 Å². The van der Waals surface area contributed by atoms with Gasteiger partial charge in [0.2, 0.25) is 0 Å². The Morgan fingerprint density at radius 2 is 1.86 bits per heavy atom. The molecule has 0 bridgehead atoms. The molecule has 0 rings (SSSR count). The van der Waals surface area contributed by atoms with E-state index in [1.807, 2.05) is 34.6 Å². The lowest BCUT2D eigenvalue weighted by atomic mass is 10.1. The second kappa shape index (κ2) is 10.0. The average Bonchev–Trinajstić information content (AvgIpc) is 2.35. The van der Waals surface area contributed by atoms with Gasteiger partial charge in [0, 0.05) is 25.2 Å². The number of nitrogens with zero attached hydrogens (tertiary/aromatic N) is 1. The Balaban J connectivity index is 4.30. The molecule has 21 heavy (non-hydrogen) atoms. The van der Waals surface area contributed by atoms with Gasteiger partial charge in [0.1, 0.15) is 5.60 Å². The third kappa shape index (κ3) is 9.72. The fraction of sp³-hybridized carbons (Fsp3) is 0.941. The molecule has 0 aromatic heterocycles. The lowest BCUT2D eigenvalue weighted by molar-refractivity contribution is 0.0192. The number of nitrogens with one attached hydrogen (secondary N) is 1. The lowest BCUT2D eigenvalue weighted by Gasteiger charge is -2.30. The molecule has 0 aliphatic rings. The molecule has 0 aromatic carbocycles. The monoisotopic (exact) mass is 300 g/mol. The van der Waals surface area contributed by atoms with Crippen LogP contribution >= 0.6 is 0 Å². The summed E-state index contributed by atoms with van der Waals surface area (Å²) < 4.78 is 5.47. The average molecular weight is 300 g/mol. The first-order valence-corrected chi connectivity index (χ1v) is 8.44. The van der Waals surface area contributed by atoms with Crippen LogP contribution in [0.2, 0.25) is 0 Å². The zero-order valence-corrected chi connectivity index (χ0v) is 15.2. The molecule has 1 amide bonds. The van der Waals surface area contributed by atoms with Gasteiger partial charge in [-0.3, -0.25) is 0 Å². The zero-order chi connectivity index (χ0) is 16.5. The van der Waals surface area contributed by atoms with Crippen molar-refractivity contribution in [3.63, 3.8) is 0 Å². The van der Waals surface area contributed by atoms with Crippen LogP contribution in [0, 0.1) is 0 Å². The van der Waals surface area contributed by atoms with Gasteiger partial charge in [0.15, 0.2) is 0 Å². The van der Waals surface area contributed by atoms with Gasteiger partial charge in [-0.2, -0.15) is 0 Å². The summed E-state index contributed by atoms with van der Waals surface area (Å²) in [5, 5.41) is 3.56. The highest BCUT2D eigenvalue weighted by atomic mass is 16.6.